The van der Waals surface area contributed by atoms with Gasteiger partial charge < -0.3 is 33.8 Å². The topological polar surface area (TPSA) is 237 Å². The fraction of sp³-hybridized carbons (Fsp3) is 0.943. The Morgan fingerprint density at radius 2 is 0.539 bits per heavy atom. The summed E-state index contributed by atoms with van der Waals surface area (Å²) in [6.45, 7) is 14.1. The van der Waals surface area contributed by atoms with Gasteiger partial charge in [0.2, 0.25) is 0 Å². The Hall–Kier alpha value is -1.94. The van der Waals surface area contributed by atoms with E-state index in [0.717, 1.165) is 114 Å². The second kappa shape index (κ2) is 59.8. The highest BCUT2D eigenvalue weighted by Crippen LogP contribution is 2.45. The summed E-state index contributed by atoms with van der Waals surface area (Å²) in [6.07, 6.45) is 41.6. The second-order valence-electron chi connectivity index (χ2n) is 26.7. The molecule has 0 saturated carbocycles. The molecule has 7 atom stereocenters. The first-order chi connectivity index (χ1) is 42.7. The number of phosphoric acid groups is 2. The van der Waals surface area contributed by atoms with Crippen LogP contribution in [0.3, 0.4) is 0 Å². The van der Waals surface area contributed by atoms with E-state index < -0.39 is 97.5 Å². The number of phosphoric ester groups is 2. The van der Waals surface area contributed by atoms with E-state index in [2.05, 4.69) is 55.4 Å². The molecule has 19 heteroatoms. The summed E-state index contributed by atoms with van der Waals surface area (Å²) in [6, 6.07) is 0. The van der Waals surface area contributed by atoms with Crippen molar-refractivity contribution in [2.75, 3.05) is 39.6 Å². The number of carbonyl (C=O) groups is 4. The molecule has 0 aromatic heterocycles. The number of hydrogen-bond acceptors (Lipinski definition) is 15. The van der Waals surface area contributed by atoms with Gasteiger partial charge in [0.1, 0.15) is 19.3 Å². The highest BCUT2D eigenvalue weighted by atomic mass is 31.2. The minimum absolute atomic E-state index is 0.105. The van der Waals surface area contributed by atoms with Crippen molar-refractivity contribution >= 4 is 39.5 Å². The van der Waals surface area contributed by atoms with E-state index in [1.165, 1.54) is 141 Å². The van der Waals surface area contributed by atoms with Crippen molar-refractivity contribution in [1.29, 1.82) is 0 Å². The first-order valence-electron chi connectivity index (χ1n) is 36.3. The number of esters is 4. The quantitative estimate of drug-likeness (QED) is 0.0222. The van der Waals surface area contributed by atoms with E-state index >= 15 is 0 Å². The standard InChI is InChI=1S/C70H136O17P2/c1-9-62(7)48-40-32-23-17-14-15-19-27-37-45-53-70(75)86-65(56-80-67(72)50-42-34-25-21-20-24-33-41-49-63(8)10-2)58-84-88(76,77)82-54-64(71)55-83-89(78,79)85-59-66(57-81-68(73)51-43-35-29-28-31-39-47-61(5)6)87-69(74)52-44-36-26-18-13-11-12-16-22-30-38-46-60(3)4/h60-66,71H,9-59H2,1-8H3,(H,76,77)(H,78,79)/t62?,63?,64-,65-,66-/m1/s1. The predicted molar refractivity (Wildman–Crippen MR) is 358 cm³/mol. The van der Waals surface area contributed by atoms with E-state index in [4.69, 9.17) is 37.0 Å². The summed E-state index contributed by atoms with van der Waals surface area (Å²) in [7, 11) is -9.90. The molecule has 0 aliphatic heterocycles. The molecular weight excluding hydrogens is 1170 g/mol. The molecular formula is C70H136O17P2. The number of aliphatic hydroxyl groups excluding tert-OH is 1. The molecule has 3 N–H and O–H groups in total. The van der Waals surface area contributed by atoms with Gasteiger partial charge in [-0.15, -0.1) is 0 Å². The smallest absolute Gasteiger partial charge is 0.462 e. The van der Waals surface area contributed by atoms with Crippen molar-refractivity contribution in [1.82, 2.24) is 0 Å². The van der Waals surface area contributed by atoms with Crippen molar-refractivity contribution in [3.63, 3.8) is 0 Å². The van der Waals surface area contributed by atoms with Crippen LogP contribution in [0.1, 0.15) is 344 Å². The predicted octanol–water partition coefficient (Wildman–Crippen LogP) is 19.7. The monoisotopic (exact) mass is 1310 g/mol. The minimum atomic E-state index is -4.95. The molecule has 0 amide bonds. The summed E-state index contributed by atoms with van der Waals surface area (Å²) in [4.78, 5) is 72.5. The minimum Gasteiger partial charge on any atom is -0.462 e. The average Bonchev–Trinajstić information content (AvgIpc) is 3.66. The zero-order valence-corrected chi connectivity index (χ0v) is 59.8. The maximum atomic E-state index is 13.0. The second-order valence-corrected chi connectivity index (χ2v) is 29.6. The normalized spacial score (nSPS) is 14.9. The molecule has 0 saturated heterocycles. The maximum absolute atomic E-state index is 13.0. The van der Waals surface area contributed by atoms with Crippen molar-refractivity contribution in [3.8, 4) is 0 Å². The van der Waals surface area contributed by atoms with E-state index in [9.17, 15) is 43.2 Å². The Balaban J connectivity index is 5.26. The van der Waals surface area contributed by atoms with Crippen LogP contribution in [0.4, 0.5) is 0 Å². The lowest BCUT2D eigenvalue weighted by atomic mass is 9.99. The van der Waals surface area contributed by atoms with Gasteiger partial charge in [-0.3, -0.25) is 37.3 Å². The van der Waals surface area contributed by atoms with Crippen LogP contribution in [0.2, 0.25) is 0 Å². The molecule has 0 rings (SSSR count). The third-order valence-electron chi connectivity index (χ3n) is 16.8. The van der Waals surface area contributed by atoms with Gasteiger partial charge in [0.05, 0.1) is 26.4 Å². The van der Waals surface area contributed by atoms with Gasteiger partial charge in [0.15, 0.2) is 12.2 Å². The number of ether oxygens (including phenoxy) is 4. The van der Waals surface area contributed by atoms with Crippen LogP contribution >= 0.6 is 15.6 Å². The van der Waals surface area contributed by atoms with Crippen molar-refractivity contribution in [2.45, 2.75) is 363 Å². The molecule has 0 aromatic rings. The molecule has 0 fully saturated rings. The highest BCUT2D eigenvalue weighted by molar-refractivity contribution is 7.47. The number of rotatable bonds is 67. The van der Waals surface area contributed by atoms with Gasteiger partial charge in [-0.05, 0) is 49.4 Å². The molecule has 4 unspecified atom stereocenters. The Kier molecular flexibility index (Phi) is 58.5. The SMILES string of the molecule is CCC(C)CCCCCCCCCCCCC(=O)O[C@H](COC(=O)CCCCCCCCCCC(C)CC)COP(=O)(O)OC[C@@H](O)COP(=O)(O)OC[C@@H](COC(=O)CCCCCCCCC(C)C)OC(=O)CCCCCCCCCCCCCC(C)C. The van der Waals surface area contributed by atoms with Gasteiger partial charge in [0.25, 0.3) is 0 Å². The number of hydrogen-bond donors (Lipinski definition) is 3. The van der Waals surface area contributed by atoms with Crippen molar-refractivity contribution in [2.24, 2.45) is 23.7 Å². The number of aliphatic hydroxyl groups is 1. The van der Waals surface area contributed by atoms with Crippen LogP contribution in [0, 0.1) is 23.7 Å². The fourth-order valence-electron chi connectivity index (χ4n) is 10.4. The van der Waals surface area contributed by atoms with Gasteiger partial charge in [-0.25, -0.2) is 9.13 Å². The summed E-state index contributed by atoms with van der Waals surface area (Å²) in [5.74, 6) is 0.894. The van der Waals surface area contributed by atoms with E-state index in [1.807, 2.05) is 0 Å². The Morgan fingerprint density at radius 3 is 0.798 bits per heavy atom. The molecule has 0 radical (unpaired) electrons. The Labute approximate surface area is 543 Å². The molecule has 0 spiro atoms. The van der Waals surface area contributed by atoms with Crippen molar-refractivity contribution < 1.29 is 80.2 Å². The Bertz CT molecular complexity index is 1770. The lowest BCUT2D eigenvalue weighted by Gasteiger charge is -2.21. The lowest BCUT2D eigenvalue weighted by Crippen LogP contribution is -2.30. The summed E-state index contributed by atoms with van der Waals surface area (Å²) >= 11 is 0. The zero-order chi connectivity index (χ0) is 66.1. The maximum Gasteiger partial charge on any atom is 0.472 e. The zero-order valence-electron chi connectivity index (χ0n) is 58.1. The molecule has 0 aliphatic rings. The third kappa shape index (κ3) is 62.0. The van der Waals surface area contributed by atoms with Gasteiger partial charge in [0, 0.05) is 25.7 Å². The molecule has 0 bridgehead atoms. The molecule has 0 heterocycles. The number of unbranched alkanes of at least 4 members (excludes halogenated alkanes) is 31. The lowest BCUT2D eigenvalue weighted by molar-refractivity contribution is -0.161. The molecule has 89 heavy (non-hydrogen) atoms. The third-order valence-corrected chi connectivity index (χ3v) is 18.7. The van der Waals surface area contributed by atoms with E-state index in [0.29, 0.717) is 31.6 Å². The van der Waals surface area contributed by atoms with E-state index in [-0.39, 0.29) is 25.7 Å². The fourth-order valence-corrected chi connectivity index (χ4v) is 12.0. The summed E-state index contributed by atoms with van der Waals surface area (Å²) < 4.78 is 68.3. The van der Waals surface area contributed by atoms with Crippen molar-refractivity contribution in [3.05, 3.63) is 0 Å². The average molecular weight is 1310 g/mol. The van der Waals surface area contributed by atoms with E-state index in [1.54, 1.807) is 0 Å². The molecule has 0 aromatic carbocycles. The first kappa shape index (κ1) is 87.1. The van der Waals surface area contributed by atoms with Crippen LogP contribution in [0.5, 0.6) is 0 Å². The number of carbonyl (C=O) groups excluding carboxylic acids is 4. The first-order valence-corrected chi connectivity index (χ1v) is 39.3. The molecule has 0 aliphatic carbocycles. The summed E-state index contributed by atoms with van der Waals surface area (Å²) in [5.41, 5.74) is 0. The molecule has 17 nitrogen and oxygen atoms in total. The highest BCUT2D eigenvalue weighted by Gasteiger charge is 2.30. The van der Waals surface area contributed by atoms with Crippen LogP contribution in [0.15, 0.2) is 0 Å². The van der Waals surface area contributed by atoms with Gasteiger partial charge >= 0.3 is 39.5 Å². The van der Waals surface area contributed by atoms with Gasteiger partial charge in [-0.1, -0.05) is 293 Å². The summed E-state index contributed by atoms with van der Waals surface area (Å²) in [5, 5.41) is 10.6. The Morgan fingerprint density at radius 1 is 0.315 bits per heavy atom. The van der Waals surface area contributed by atoms with Crippen LogP contribution in [-0.2, 0) is 65.4 Å². The van der Waals surface area contributed by atoms with Crippen LogP contribution in [-0.4, -0.2) is 96.7 Å². The van der Waals surface area contributed by atoms with Crippen LogP contribution < -0.4 is 0 Å². The van der Waals surface area contributed by atoms with Gasteiger partial charge in [-0.2, -0.15) is 0 Å². The molecule has 528 valence electrons. The van der Waals surface area contributed by atoms with Crippen LogP contribution in [0.25, 0.3) is 0 Å². The largest absolute Gasteiger partial charge is 0.472 e.